The van der Waals surface area contributed by atoms with Crippen LogP contribution < -0.4 is 24.1 Å². The van der Waals surface area contributed by atoms with Crippen molar-refractivity contribution in [3.05, 3.63) is 59.4 Å². The number of halogens is 6. The normalized spacial score (nSPS) is 11.5. The first-order valence-corrected chi connectivity index (χ1v) is 12.5. The van der Waals surface area contributed by atoms with E-state index in [0.717, 1.165) is 12.1 Å². The fraction of sp³-hybridized carbons (Fsp3) is 0.238. The van der Waals surface area contributed by atoms with E-state index in [1.54, 1.807) is 19.0 Å². The summed E-state index contributed by atoms with van der Waals surface area (Å²) in [6, 6.07) is 5.72. The van der Waals surface area contributed by atoms with Crippen molar-refractivity contribution in [2.45, 2.75) is 11.5 Å². The molecule has 0 amide bonds. The third kappa shape index (κ3) is 6.83. The minimum Gasteiger partial charge on any atom is -0.435 e. The van der Waals surface area contributed by atoms with Gasteiger partial charge >= 0.3 is 6.61 Å². The number of hydrogen-bond donors (Lipinski definition) is 2. The van der Waals surface area contributed by atoms with Gasteiger partial charge in [0.1, 0.15) is 16.5 Å². The molecule has 3 aromatic rings. The molecule has 1 aromatic heterocycles. The van der Waals surface area contributed by atoms with Gasteiger partial charge in [0.25, 0.3) is 16.0 Å². The lowest BCUT2D eigenvalue weighted by atomic mass is 10.2. The van der Waals surface area contributed by atoms with Gasteiger partial charge in [0.15, 0.2) is 5.82 Å². The van der Waals surface area contributed by atoms with Crippen LogP contribution in [0.2, 0.25) is 5.02 Å². The molecule has 0 spiro atoms. The van der Waals surface area contributed by atoms with Crippen molar-refractivity contribution in [3.8, 4) is 5.75 Å². The van der Waals surface area contributed by atoms with Crippen LogP contribution in [-0.4, -0.2) is 52.2 Å². The van der Waals surface area contributed by atoms with Crippen molar-refractivity contribution >= 4 is 56.4 Å². The van der Waals surface area contributed by atoms with Crippen LogP contribution >= 0.6 is 23.4 Å². The summed E-state index contributed by atoms with van der Waals surface area (Å²) in [5.41, 5.74) is 0.737. The number of benzene rings is 2. The highest BCUT2D eigenvalue weighted by Crippen LogP contribution is 2.37. The molecule has 0 aliphatic heterocycles. The lowest BCUT2D eigenvalue weighted by Gasteiger charge is -2.24. The lowest BCUT2D eigenvalue weighted by molar-refractivity contribution is -0.0498. The molecule has 2 aromatic carbocycles. The van der Waals surface area contributed by atoms with Crippen LogP contribution in [0.25, 0.3) is 0 Å². The van der Waals surface area contributed by atoms with Crippen molar-refractivity contribution in [2.75, 3.05) is 41.2 Å². The molecule has 200 valence electrons. The Hall–Kier alpha value is -3.07. The number of sulfonamides is 1. The Kier molecular flexibility index (Phi) is 9.23. The molecule has 0 atom stereocenters. The van der Waals surface area contributed by atoms with Crippen LogP contribution in [0.1, 0.15) is 0 Å². The summed E-state index contributed by atoms with van der Waals surface area (Å²) >= 11 is 12.1. The van der Waals surface area contributed by atoms with Crippen LogP contribution in [0.15, 0.2) is 47.6 Å². The van der Waals surface area contributed by atoms with Crippen LogP contribution in [0.4, 0.5) is 40.6 Å². The minimum atomic E-state index is -4.74. The monoisotopic (exact) mass is 582 g/mol. The second kappa shape index (κ2) is 12.0. The highest BCUT2D eigenvalue weighted by atomic mass is 35.5. The van der Waals surface area contributed by atoms with E-state index < -0.39 is 39.1 Å². The summed E-state index contributed by atoms with van der Waals surface area (Å²) in [6.45, 7) is -2.00. The predicted molar refractivity (Wildman–Crippen MR) is 132 cm³/mol. The van der Waals surface area contributed by atoms with Gasteiger partial charge < -0.3 is 20.3 Å². The fourth-order valence-corrected chi connectivity index (χ4v) is 4.71. The second-order valence-electron chi connectivity index (χ2n) is 7.39. The molecule has 0 bridgehead atoms. The zero-order chi connectivity index (χ0) is 27.3. The molecule has 0 aliphatic carbocycles. The Balaban J connectivity index is 1.96. The quantitative estimate of drug-likeness (QED) is 0.247. The summed E-state index contributed by atoms with van der Waals surface area (Å²) in [7, 11) is -1.29. The second-order valence-corrected chi connectivity index (χ2v) is 10.1. The van der Waals surface area contributed by atoms with Gasteiger partial charge in [-0.2, -0.15) is 17.2 Å². The Morgan fingerprint density at radius 2 is 1.78 bits per heavy atom. The Morgan fingerprint density at radius 3 is 2.41 bits per heavy atom. The van der Waals surface area contributed by atoms with E-state index in [1.165, 1.54) is 18.2 Å². The molecule has 37 heavy (non-hydrogen) atoms. The molecule has 0 fully saturated rings. The molecule has 0 saturated heterocycles. The van der Waals surface area contributed by atoms with E-state index in [9.17, 15) is 21.6 Å². The zero-order valence-electron chi connectivity index (χ0n) is 19.2. The van der Waals surface area contributed by atoms with E-state index in [-0.39, 0.29) is 20.3 Å². The van der Waals surface area contributed by atoms with Crippen LogP contribution in [0.5, 0.6) is 5.75 Å². The number of nitrogens with one attached hydrogen (secondary N) is 2. The largest absolute Gasteiger partial charge is 0.435 e. The molecule has 0 aliphatic rings. The molecule has 2 N–H and O–H groups in total. The maximum Gasteiger partial charge on any atom is 0.387 e. The first-order chi connectivity index (χ1) is 17.4. The summed E-state index contributed by atoms with van der Waals surface area (Å²) < 4.78 is 83.7. The van der Waals surface area contributed by atoms with Crippen molar-refractivity contribution < 1.29 is 30.7 Å². The number of aromatic nitrogens is 2. The SMILES string of the molecule is CNCCN(C)c1cc(OC(F)F)ccc1Nc1cc(F)c(S(=O)(=O)N(Cl)c2ncc(F)cn2)cc1Cl. The summed E-state index contributed by atoms with van der Waals surface area (Å²) in [4.78, 5) is 7.76. The van der Waals surface area contributed by atoms with E-state index >= 15 is 4.39 Å². The molecule has 0 radical (unpaired) electrons. The number of nitrogens with zero attached hydrogens (tertiary/aromatic N) is 4. The highest BCUT2D eigenvalue weighted by Gasteiger charge is 2.30. The number of anilines is 4. The predicted octanol–water partition coefficient (Wildman–Crippen LogP) is 4.76. The third-order valence-electron chi connectivity index (χ3n) is 4.85. The number of rotatable bonds is 11. The first-order valence-electron chi connectivity index (χ1n) is 10.3. The standard InChI is InChI=1S/C21H20Cl2F4N6O3S/c1-28-5-6-32(2)18-7-13(36-20(26)27)3-4-16(18)31-17-9-15(25)19(8-14(17)22)37(34,35)33(23)21-29-10-12(24)11-30-21/h3-4,7-11,20,28,31H,5-6H2,1-2H3. The molecule has 0 saturated carbocycles. The summed E-state index contributed by atoms with van der Waals surface area (Å²) in [5.74, 6) is -2.76. The third-order valence-corrected chi connectivity index (χ3v) is 7.31. The molecule has 16 heteroatoms. The summed E-state index contributed by atoms with van der Waals surface area (Å²) in [5, 5.41) is 5.64. The van der Waals surface area contributed by atoms with Crippen molar-refractivity contribution in [1.82, 2.24) is 15.3 Å². The van der Waals surface area contributed by atoms with Gasteiger partial charge in [-0.25, -0.2) is 18.7 Å². The molecule has 3 rings (SSSR count). The van der Waals surface area contributed by atoms with Gasteiger partial charge in [-0.1, -0.05) is 11.6 Å². The molecular formula is C21H20Cl2F4N6O3S. The summed E-state index contributed by atoms with van der Waals surface area (Å²) in [6.07, 6.45) is 1.37. The van der Waals surface area contributed by atoms with Crippen LogP contribution in [0.3, 0.4) is 0 Å². The van der Waals surface area contributed by atoms with Gasteiger partial charge in [-0.3, -0.25) is 0 Å². The van der Waals surface area contributed by atoms with Gasteiger partial charge in [0, 0.05) is 44.0 Å². The van der Waals surface area contributed by atoms with Crippen molar-refractivity contribution in [1.29, 1.82) is 0 Å². The average Bonchev–Trinajstić information content (AvgIpc) is 2.85. The lowest BCUT2D eigenvalue weighted by Crippen LogP contribution is -2.27. The topological polar surface area (TPSA) is 99.7 Å². The van der Waals surface area contributed by atoms with E-state index in [2.05, 4.69) is 25.3 Å². The zero-order valence-corrected chi connectivity index (χ0v) is 21.6. The van der Waals surface area contributed by atoms with Crippen LogP contribution in [0, 0.1) is 11.6 Å². The van der Waals surface area contributed by atoms with Gasteiger partial charge in [-0.05, 0) is 25.2 Å². The van der Waals surface area contributed by atoms with E-state index in [4.69, 9.17) is 23.4 Å². The molecule has 9 nitrogen and oxygen atoms in total. The smallest absolute Gasteiger partial charge is 0.387 e. The first kappa shape index (κ1) is 28.5. The van der Waals surface area contributed by atoms with Crippen LogP contribution in [-0.2, 0) is 10.0 Å². The number of ether oxygens (including phenoxy) is 1. The van der Waals surface area contributed by atoms with Crippen molar-refractivity contribution in [2.24, 2.45) is 0 Å². The highest BCUT2D eigenvalue weighted by molar-refractivity contribution is 7.94. The maximum atomic E-state index is 15.0. The van der Waals surface area contributed by atoms with Gasteiger partial charge in [-0.15, -0.1) is 3.82 Å². The fourth-order valence-electron chi connectivity index (χ4n) is 3.07. The molecule has 1 heterocycles. The number of likely N-dealkylation sites (N-methyl/N-ethyl adjacent to an activating group) is 2. The molecule has 0 unspecified atom stereocenters. The number of alkyl halides is 2. The van der Waals surface area contributed by atoms with Gasteiger partial charge in [0.05, 0.1) is 34.5 Å². The van der Waals surface area contributed by atoms with Crippen molar-refractivity contribution in [3.63, 3.8) is 0 Å². The average molecular weight is 583 g/mol. The maximum absolute atomic E-state index is 15.0. The Bertz CT molecular complexity index is 1350. The molecular weight excluding hydrogens is 563 g/mol. The Labute approximate surface area is 220 Å². The number of hydrogen-bond acceptors (Lipinski definition) is 8. The Morgan fingerprint density at radius 1 is 1.11 bits per heavy atom. The minimum absolute atomic E-state index is 0.0249. The van der Waals surface area contributed by atoms with Gasteiger partial charge in [0.2, 0.25) is 0 Å². The van der Waals surface area contributed by atoms with E-state index in [1.807, 2.05) is 0 Å². The van der Waals surface area contributed by atoms with E-state index in [0.29, 0.717) is 36.9 Å².